The van der Waals surface area contributed by atoms with Gasteiger partial charge in [-0.05, 0) is 31.4 Å². The highest BCUT2D eigenvalue weighted by molar-refractivity contribution is 5.81. The van der Waals surface area contributed by atoms with Crippen molar-refractivity contribution in [1.29, 1.82) is 0 Å². The summed E-state index contributed by atoms with van der Waals surface area (Å²) in [5.74, 6) is -0.0918. The third-order valence-corrected chi connectivity index (χ3v) is 2.57. The lowest BCUT2D eigenvalue weighted by Gasteiger charge is -2.12. The molecule has 0 bridgehead atoms. The smallest absolute Gasteiger partial charge is 0.237 e. The van der Waals surface area contributed by atoms with Crippen LogP contribution in [0.4, 0.5) is 0 Å². The topological polar surface area (TPSA) is 81.1 Å². The molecule has 0 unspecified atom stereocenters. The highest BCUT2D eigenvalue weighted by Gasteiger charge is 2.12. The molecule has 0 saturated heterocycles. The molecule has 0 saturated carbocycles. The van der Waals surface area contributed by atoms with Crippen molar-refractivity contribution in [1.82, 2.24) is 5.32 Å². The summed E-state index contributed by atoms with van der Waals surface area (Å²) in [5, 5.41) is 2.82. The fourth-order valence-corrected chi connectivity index (χ4v) is 1.57. The van der Waals surface area contributed by atoms with Gasteiger partial charge in [-0.25, -0.2) is 0 Å². The van der Waals surface area contributed by atoms with E-state index in [0.717, 1.165) is 18.4 Å². The molecule has 0 spiro atoms. The van der Waals surface area contributed by atoms with E-state index in [1.54, 1.807) is 0 Å². The molecule has 5 N–H and O–H groups in total. The minimum atomic E-state index is -0.477. The number of nitrogens with one attached hydrogen (secondary N) is 1. The second-order valence-electron chi connectivity index (χ2n) is 4.08. The molecule has 0 aliphatic carbocycles. The molecule has 17 heavy (non-hydrogen) atoms. The summed E-state index contributed by atoms with van der Waals surface area (Å²) in [6.45, 7) is 1.31. The Balaban J connectivity index is 2.27. The summed E-state index contributed by atoms with van der Waals surface area (Å²) in [6, 6.07) is 9.31. The number of rotatable bonds is 7. The standard InChI is InChI=1S/C13H21N3O/c14-8-4-5-9-16-13(17)12(15)10-11-6-2-1-3-7-11/h1-3,6-7,12H,4-5,8-10,14-15H2,(H,16,17)/t12-/m0/s1. The highest BCUT2D eigenvalue weighted by atomic mass is 16.2. The van der Waals surface area contributed by atoms with Gasteiger partial charge >= 0.3 is 0 Å². The van der Waals surface area contributed by atoms with Gasteiger partial charge in [0.2, 0.25) is 5.91 Å². The van der Waals surface area contributed by atoms with E-state index in [0.29, 0.717) is 19.5 Å². The van der Waals surface area contributed by atoms with Crippen molar-refractivity contribution < 1.29 is 4.79 Å². The molecule has 4 nitrogen and oxygen atoms in total. The molecular weight excluding hydrogens is 214 g/mol. The van der Waals surface area contributed by atoms with E-state index < -0.39 is 6.04 Å². The Hall–Kier alpha value is -1.39. The Kier molecular flexibility index (Phi) is 6.29. The highest BCUT2D eigenvalue weighted by Crippen LogP contribution is 2.01. The molecular formula is C13H21N3O. The largest absolute Gasteiger partial charge is 0.355 e. The van der Waals surface area contributed by atoms with Gasteiger partial charge in [-0.1, -0.05) is 30.3 Å². The fraction of sp³-hybridized carbons (Fsp3) is 0.462. The van der Waals surface area contributed by atoms with E-state index in [-0.39, 0.29) is 5.91 Å². The number of carbonyl (C=O) groups is 1. The van der Waals surface area contributed by atoms with Gasteiger partial charge in [0.25, 0.3) is 0 Å². The Morgan fingerprint density at radius 2 is 1.94 bits per heavy atom. The van der Waals surface area contributed by atoms with Crippen LogP contribution in [0.15, 0.2) is 30.3 Å². The molecule has 4 heteroatoms. The zero-order chi connectivity index (χ0) is 12.5. The first kappa shape index (κ1) is 13.7. The van der Waals surface area contributed by atoms with Crippen LogP contribution in [-0.2, 0) is 11.2 Å². The Labute approximate surface area is 102 Å². The van der Waals surface area contributed by atoms with Crippen LogP contribution in [-0.4, -0.2) is 25.0 Å². The van der Waals surface area contributed by atoms with Crippen molar-refractivity contribution in [3.05, 3.63) is 35.9 Å². The Bertz CT molecular complexity index is 327. The van der Waals surface area contributed by atoms with Crippen LogP contribution in [0.25, 0.3) is 0 Å². The lowest BCUT2D eigenvalue weighted by molar-refractivity contribution is -0.122. The number of amides is 1. The van der Waals surface area contributed by atoms with Crippen molar-refractivity contribution >= 4 is 5.91 Å². The number of carbonyl (C=O) groups excluding carboxylic acids is 1. The van der Waals surface area contributed by atoms with Gasteiger partial charge in [0, 0.05) is 6.54 Å². The zero-order valence-corrected chi connectivity index (χ0v) is 10.1. The van der Waals surface area contributed by atoms with Crippen molar-refractivity contribution in [2.24, 2.45) is 11.5 Å². The van der Waals surface area contributed by atoms with E-state index in [2.05, 4.69) is 5.32 Å². The van der Waals surface area contributed by atoms with E-state index in [9.17, 15) is 4.79 Å². The van der Waals surface area contributed by atoms with Gasteiger partial charge < -0.3 is 16.8 Å². The van der Waals surface area contributed by atoms with E-state index in [1.165, 1.54) is 0 Å². The molecule has 94 valence electrons. The van der Waals surface area contributed by atoms with Gasteiger partial charge in [-0.3, -0.25) is 4.79 Å². The summed E-state index contributed by atoms with van der Waals surface area (Å²) in [7, 11) is 0. The van der Waals surface area contributed by atoms with E-state index >= 15 is 0 Å². The molecule has 0 aliphatic rings. The van der Waals surface area contributed by atoms with Crippen LogP contribution in [0.3, 0.4) is 0 Å². The molecule has 0 aromatic heterocycles. The lowest BCUT2D eigenvalue weighted by Crippen LogP contribution is -2.42. The molecule has 0 fully saturated rings. The maximum Gasteiger partial charge on any atom is 0.237 e. The van der Waals surface area contributed by atoms with Crippen LogP contribution >= 0.6 is 0 Å². The van der Waals surface area contributed by atoms with Gasteiger partial charge in [0.05, 0.1) is 6.04 Å². The summed E-state index contributed by atoms with van der Waals surface area (Å²) in [6.07, 6.45) is 2.40. The minimum Gasteiger partial charge on any atom is -0.355 e. The Morgan fingerprint density at radius 1 is 1.24 bits per heavy atom. The van der Waals surface area contributed by atoms with Crippen LogP contribution < -0.4 is 16.8 Å². The number of hydrogen-bond donors (Lipinski definition) is 3. The second kappa shape index (κ2) is 7.81. The van der Waals surface area contributed by atoms with Gasteiger partial charge in [-0.2, -0.15) is 0 Å². The summed E-state index contributed by atoms with van der Waals surface area (Å²) >= 11 is 0. The van der Waals surface area contributed by atoms with E-state index in [1.807, 2.05) is 30.3 Å². The van der Waals surface area contributed by atoms with Crippen molar-refractivity contribution in [2.45, 2.75) is 25.3 Å². The van der Waals surface area contributed by atoms with Crippen LogP contribution in [0.1, 0.15) is 18.4 Å². The minimum absolute atomic E-state index is 0.0918. The van der Waals surface area contributed by atoms with Crippen molar-refractivity contribution in [3.63, 3.8) is 0 Å². The number of hydrogen-bond acceptors (Lipinski definition) is 3. The maximum atomic E-state index is 11.6. The third kappa shape index (κ3) is 5.47. The SMILES string of the molecule is NCCCCNC(=O)[C@@H](N)Cc1ccccc1. The third-order valence-electron chi connectivity index (χ3n) is 2.57. The van der Waals surface area contributed by atoms with Crippen LogP contribution in [0, 0.1) is 0 Å². The van der Waals surface area contributed by atoms with Crippen molar-refractivity contribution in [3.8, 4) is 0 Å². The maximum absolute atomic E-state index is 11.6. The zero-order valence-electron chi connectivity index (χ0n) is 10.1. The van der Waals surface area contributed by atoms with Gasteiger partial charge in [0.1, 0.15) is 0 Å². The summed E-state index contributed by atoms with van der Waals surface area (Å²) in [5.41, 5.74) is 12.3. The molecule has 1 rings (SSSR count). The predicted molar refractivity (Wildman–Crippen MR) is 69.4 cm³/mol. The molecule has 1 atom stereocenters. The average Bonchev–Trinajstić information content (AvgIpc) is 2.35. The van der Waals surface area contributed by atoms with Gasteiger partial charge in [0.15, 0.2) is 0 Å². The number of unbranched alkanes of at least 4 members (excludes halogenated alkanes) is 1. The fourth-order valence-electron chi connectivity index (χ4n) is 1.57. The number of nitrogens with two attached hydrogens (primary N) is 2. The summed E-state index contributed by atoms with van der Waals surface area (Å²) in [4.78, 5) is 11.6. The molecule has 1 aromatic rings. The average molecular weight is 235 g/mol. The first-order valence-corrected chi connectivity index (χ1v) is 6.01. The van der Waals surface area contributed by atoms with Crippen LogP contribution in [0.2, 0.25) is 0 Å². The quantitative estimate of drug-likeness (QED) is 0.599. The predicted octanol–water partition coefficient (Wildman–Crippen LogP) is 0.412. The lowest BCUT2D eigenvalue weighted by atomic mass is 10.1. The first-order chi connectivity index (χ1) is 8.24. The van der Waals surface area contributed by atoms with Crippen molar-refractivity contribution in [2.75, 3.05) is 13.1 Å². The molecule has 1 aromatic carbocycles. The number of benzene rings is 1. The summed E-state index contributed by atoms with van der Waals surface area (Å²) < 4.78 is 0. The molecule has 1 amide bonds. The molecule has 0 heterocycles. The van der Waals surface area contributed by atoms with E-state index in [4.69, 9.17) is 11.5 Å². The Morgan fingerprint density at radius 3 is 2.59 bits per heavy atom. The monoisotopic (exact) mass is 235 g/mol. The first-order valence-electron chi connectivity index (χ1n) is 6.01. The second-order valence-corrected chi connectivity index (χ2v) is 4.08. The van der Waals surface area contributed by atoms with Crippen LogP contribution in [0.5, 0.6) is 0 Å². The molecule has 0 aliphatic heterocycles. The molecule has 0 radical (unpaired) electrons. The van der Waals surface area contributed by atoms with Gasteiger partial charge in [-0.15, -0.1) is 0 Å². The normalized spacial score (nSPS) is 12.1.